The van der Waals surface area contributed by atoms with Crippen LogP contribution in [0.3, 0.4) is 0 Å². The topological polar surface area (TPSA) is 47.3 Å². The third kappa shape index (κ3) is 1.20. The third-order valence-electron chi connectivity index (χ3n) is 1.82. The van der Waals surface area contributed by atoms with Crippen molar-refractivity contribution in [3.05, 3.63) is 29.3 Å². The van der Waals surface area contributed by atoms with E-state index >= 15 is 0 Å². The molecule has 0 aromatic heterocycles. The fraction of sp³-hybridized carbons (Fsp3) is 0.250. The maximum absolute atomic E-state index is 5.61. The van der Waals surface area contributed by atoms with Crippen LogP contribution in [0.15, 0.2) is 18.2 Å². The van der Waals surface area contributed by atoms with Crippen LogP contribution in [0.5, 0.6) is 0 Å². The van der Waals surface area contributed by atoms with Gasteiger partial charge in [-0.2, -0.15) is 5.48 Å². The van der Waals surface area contributed by atoms with Crippen molar-refractivity contribution in [2.75, 3.05) is 5.73 Å². The molecule has 58 valence electrons. The molecule has 3 N–H and O–H groups in total. The summed E-state index contributed by atoms with van der Waals surface area (Å²) in [6.45, 7) is 1.38. The van der Waals surface area contributed by atoms with Gasteiger partial charge in [0.25, 0.3) is 0 Å². The lowest BCUT2D eigenvalue weighted by Gasteiger charge is -2.16. The molecule has 1 aromatic rings. The number of hydrogen-bond donors (Lipinski definition) is 2. The Morgan fingerprint density at radius 1 is 1.36 bits per heavy atom. The molecule has 0 amide bonds. The summed E-state index contributed by atoms with van der Waals surface area (Å²) in [7, 11) is 0. The smallest absolute Gasteiger partial charge is 0.0937 e. The maximum Gasteiger partial charge on any atom is 0.0937 e. The Morgan fingerprint density at radius 2 is 2.27 bits per heavy atom. The van der Waals surface area contributed by atoms with Crippen molar-refractivity contribution in [1.82, 2.24) is 5.48 Å². The molecule has 0 atom stereocenters. The van der Waals surface area contributed by atoms with Crippen molar-refractivity contribution in [2.24, 2.45) is 0 Å². The predicted molar refractivity (Wildman–Crippen MR) is 42.5 cm³/mol. The van der Waals surface area contributed by atoms with Gasteiger partial charge in [0.15, 0.2) is 0 Å². The number of nitrogens with one attached hydrogen (secondary N) is 1. The molecule has 0 unspecified atom stereocenters. The van der Waals surface area contributed by atoms with E-state index in [1.807, 2.05) is 18.2 Å². The number of benzene rings is 1. The quantitative estimate of drug-likeness (QED) is 0.538. The molecule has 0 radical (unpaired) electrons. The van der Waals surface area contributed by atoms with E-state index in [9.17, 15) is 0 Å². The number of fused-ring (bicyclic) bond motifs is 1. The number of hydroxylamine groups is 1. The summed E-state index contributed by atoms with van der Waals surface area (Å²) in [5.74, 6) is 0. The van der Waals surface area contributed by atoms with Gasteiger partial charge >= 0.3 is 0 Å². The standard InChI is InChI=1S/C8H10N2O/c9-8-2-1-6-4-10-11-5-7(6)3-8/h1-3,10H,4-5,9H2. The van der Waals surface area contributed by atoms with Crippen LogP contribution in [0, 0.1) is 0 Å². The fourth-order valence-electron chi connectivity index (χ4n) is 1.21. The summed E-state index contributed by atoms with van der Waals surface area (Å²) in [5, 5.41) is 0. The number of nitrogen functional groups attached to an aromatic ring is 1. The highest BCUT2D eigenvalue weighted by Crippen LogP contribution is 2.16. The van der Waals surface area contributed by atoms with Crippen LogP contribution < -0.4 is 11.2 Å². The number of rotatable bonds is 0. The van der Waals surface area contributed by atoms with Crippen molar-refractivity contribution in [3.63, 3.8) is 0 Å². The second-order valence-electron chi connectivity index (χ2n) is 2.64. The largest absolute Gasteiger partial charge is 0.399 e. The zero-order chi connectivity index (χ0) is 7.68. The van der Waals surface area contributed by atoms with E-state index in [2.05, 4.69) is 5.48 Å². The molecule has 1 aromatic carbocycles. The monoisotopic (exact) mass is 150 g/mol. The Morgan fingerprint density at radius 3 is 3.18 bits per heavy atom. The Bertz CT molecular complexity index is 273. The zero-order valence-electron chi connectivity index (χ0n) is 6.13. The molecule has 1 heterocycles. The number of anilines is 1. The van der Waals surface area contributed by atoms with Gasteiger partial charge in [-0.1, -0.05) is 6.07 Å². The minimum atomic E-state index is 0.611. The van der Waals surface area contributed by atoms with Crippen molar-refractivity contribution in [1.29, 1.82) is 0 Å². The molecule has 0 saturated heterocycles. The predicted octanol–water partition coefficient (Wildman–Crippen LogP) is 0.804. The van der Waals surface area contributed by atoms with Crippen molar-refractivity contribution in [3.8, 4) is 0 Å². The van der Waals surface area contributed by atoms with Crippen molar-refractivity contribution in [2.45, 2.75) is 13.2 Å². The minimum Gasteiger partial charge on any atom is -0.399 e. The van der Waals surface area contributed by atoms with Gasteiger partial charge in [-0.25, -0.2) is 0 Å². The van der Waals surface area contributed by atoms with Crippen LogP contribution in [-0.4, -0.2) is 0 Å². The summed E-state index contributed by atoms with van der Waals surface area (Å²) in [4.78, 5) is 5.05. The molecule has 3 heteroatoms. The van der Waals surface area contributed by atoms with E-state index in [1.54, 1.807) is 0 Å². The Balaban J connectivity index is 2.43. The van der Waals surface area contributed by atoms with Crippen LogP contribution in [-0.2, 0) is 18.0 Å². The first kappa shape index (κ1) is 6.64. The molecule has 1 aliphatic rings. The molecular weight excluding hydrogens is 140 g/mol. The molecule has 0 aliphatic carbocycles. The first-order chi connectivity index (χ1) is 5.36. The van der Waals surface area contributed by atoms with Gasteiger partial charge in [0, 0.05) is 12.2 Å². The first-order valence-corrected chi connectivity index (χ1v) is 3.58. The summed E-state index contributed by atoms with van der Waals surface area (Å²) in [6.07, 6.45) is 0. The number of hydrogen-bond acceptors (Lipinski definition) is 3. The molecule has 2 rings (SSSR count). The van der Waals surface area contributed by atoms with E-state index in [1.165, 1.54) is 11.1 Å². The molecule has 0 saturated carbocycles. The molecule has 0 spiro atoms. The Hall–Kier alpha value is -1.06. The van der Waals surface area contributed by atoms with Crippen LogP contribution in [0.1, 0.15) is 11.1 Å². The highest BCUT2D eigenvalue weighted by atomic mass is 16.6. The first-order valence-electron chi connectivity index (χ1n) is 3.58. The molecule has 11 heavy (non-hydrogen) atoms. The van der Waals surface area contributed by atoms with Gasteiger partial charge in [0.2, 0.25) is 0 Å². The highest BCUT2D eigenvalue weighted by molar-refractivity contribution is 5.44. The lowest BCUT2D eigenvalue weighted by atomic mass is 10.1. The third-order valence-corrected chi connectivity index (χ3v) is 1.82. The van der Waals surface area contributed by atoms with E-state index in [-0.39, 0.29) is 0 Å². The van der Waals surface area contributed by atoms with Crippen molar-refractivity contribution < 1.29 is 4.84 Å². The lowest BCUT2D eigenvalue weighted by molar-refractivity contribution is 0.0109. The van der Waals surface area contributed by atoms with E-state index in [4.69, 9.17) is 10.6 Å². The van der Waals surface area contributed by atoms with Gasteiger partial charge in [-0.15, -0.1) is 0 Å². The summed E-state index contributed by atoms with van der Waals surface area (Å²) in [5.41, 5.74) is 11.7. The second kappa shape index (κ2) is 2.53. The molecular formula is C8H10N2O. The average molecular weight is 150 g/mol. The lowest BCUT2D eigenvalue weighted by Crippen LogP contribution is -2.21. The Kier molecular flexibility index (Phi) is 1.52. The fourth-order valence-corrected chi connectivity index (χ4v) is 1.21. The molecule has 0 bridgehead atoms. The second-order valence-corrected chi connectivity index (χ2v) is 2.64. The summed E-state index contributed by atoms with van der Waals surface area (Å²) >= 11 is 0. The van der Waals surface area contributed by atoms with Gasteiger partial charge < -0.3 is 5.73 Å². The normalized spacial score (nSPS) is 16.0. The number of nitrogens with two attached hydrogens (primary N) is 1. The summed E-state index contributed by atoms with van der Waals surface area (Å²) in [6, 6.07) is 5.89. The van der Waals surface area contributed by atoms with Crippen molar-refractivity contribution >= 4 is 5.69 Å². The van der Waals surface area contributed by atoms with Gasteiger partial charge in [0.05, 0.1) is 6.61 Å². The Labute approximate surface area is 65.1 Å². The van der Waals surface area contributed by atoms with Crippen LogP contribution in [0.4, 0.5) is 5.69 Å². The maximum atomic E-state index is 5.61. The highest BCUT2D eigenvalue weighted by Gasteiger charge is 2.07. The van der Waals surface area contributed by atoms with Gasteiger partial charge in [-0.3, -0.25) is 4.84 Å². The minimum absolute atomic E-state index is 0.611. The van der Waals surface area contributed by atoms with Gasteiger partial charge in [0.1, 0.15) is 0 Å². The molecule has 1 aliphatic heterocycles. The van der Waals surface area contributed by atoms with E-state index in [0.717, 1.165) is 12.2 Å². The van der Waals surface area contributed by atoms with E-state index < -0.39 is 0 Å². The van der Waals surface area contributed by atoms with Crippen LogP contribution in [0.2, 0.25) is 0 Å². The molecule has 3 nitrogen and oxygen atoms in total. The SMILES string of the molecule is Nc1ccc2c(c1)CONC2. The van der Waals surface area contributed by atoms with Crippen LogP contribution in [0.25, 0.3) is 0 Å². The zero-order valence-corrected chi connectivity index (χ0v) is 6.13. The van der Waals surface area contributed by atoms with E-state index in [0.29, 0.717) is 6.61 Å². The average Bonchev–Trinajstić information content (AvgIpc) is 2.04. The molecule has 0 fully saturated rings. The van der Waals surface area contributed by atoms with Gasteiger partial charge in [-0.05, 0) is 23.3 Å². The summed E-state index contributed by atoms with van der Waals surface area (Å²) < 4.78 is 0. The van der Waals surface area contributed by atoms with Crippen LogP contribution >= 0.6 is 0 Å².